The predicted octanol–water partition coefficient (Wildman–Crippen LogP) is 4.59. The number of amides is 1. The number of benzene rings is 2. The third-order valence-corrected chi connectivity index (χ3v) is 5.90. The van der Waals surface area contributed by atoms with Crippen LogP contribution in [0.2, 0.25) is 0 Å². The zero-order chi connectivity index (χ0) is 21.7. The summed E-state index contributed by atoms with van der Waals surface area (Å²) in [5, 5.41) is 13.3. The molecule has 1 saturated carbocycles. The van der Waals surface area contributed by atoms with Crippen LogP contribution in [0, 0.1) is 17.5 Å². The lowest BCUT2D eigenvalue weighted by Gasteiger charge is -2.41. The van der Waals surface area contributed by atoms with Crippen LogP contribution in [-0.4, -0.2) is 20.6 Å². The number of aliphatic hydroxyl groups is 1. The highest BCUT2D eigenvalue weighted by molar-refractivity contribution is 5.92. The summed E-state index contributed by atoms with van der Waals surface area (Å²) >= 11 is 0. The topological polar surface area (TPSA) is 67.2 Å². The highest BCUT2D eigenvalue weighted by atomic mass is 19.2. The van der Waals surface area contributed by atoms with Crippen molar-refractivity contribution in [1.29, 1.82) is 0 Å². The number of fused-ring (bicyclic) bond motifs is 1. The second-order valence-electron chi connectivity index (χ2n) is 8.34. The van der Waals surface area contributed by atoms with Gasteiger partial charge in [0, 0.05) is 11.6 Å². The molecule has 0 bridgehead atoms. The lowest BCUT2D eigenvalue weighted by molar-refractivity contribution is -0.120. The number of hydrogen-bond donors (Lipinski definition) is 2. The third-order valence-electron chi connectivity index (χ3n) is 5.90. The Morgan fingerprint density at radius 1 is 1.23 bits per heavy atom. The van der Waals surface area contributed by atoms with Crippen LogP contribution in [0.15, 0.2) is 36.4 Å². The van der Waals surface area contributed by atoms with E-state index in [2.05, 4.69) is 10.3 Å². The van der Waals surface area contributed by atoms with Gasteiger partial charge in [-0.05, 0) is 38.7 Å². The number of carbonyl (C=O) groups excluding carboxylic acids is 1. The Labute approximate surface area is 171 Å². The van der Waals surface area contributed by atoms with E-state index in [9.17, 15) is 23.1 Å². The molecule has 30 heavy (non-hydrogen) atoms. The number of rotatable bonds is 5. The number of halogens is 3. The minimum atomic E-state index is -1.57. The van der Waals surface area contributed by atoms with E-state index in [1.165, 1.54) is 11.5 Å². The smallest absolute Gasteiger partial charge is 0.229 e. The fraction of sp³-hybridized carbons (Fsp3) is 0.364. The average molecular weight is 417 g/mol. The molecule has 3 aromatic rings. The van der Waals surface area contributed by atoms with Crippen LogP contribution < -0.4 is 5.32 Å². The van der Waals surface area contributed by atoms with Crippen molar-refractivity contribution in [2.75, 3.05) is 5.32 Å². The van der Waals surface area contributed by atoms with Crippen LogP contribution in [0.1, 0.15) is 45.1 Å². The van der Waals surface area contributed by atoms with Crippen molar-refractivity contribution < 1.29 is 23.1 Å². The summed E-state index contributed by atoms with van der Waals surface area (Å²) in [5.74, 6) is -4.79. The second kappa shape index (κ2) is 7.12. The van der Waals surface area contributed by atoms with Gasteiger partial charge >= 0.3 is 0 Å². The van der Waals surface area contributed by atoms with Crippen molar-refractivity contribution in [1.82, 2.24) is 9.55 Å². The number of carbonyl (C=O) groups is 1. The van der Waals surface area contributed by atoms with E-state index in [1.807, 2.05) is 6.92 Å². The number of nitrogens with zero attached hydrogens (tertiary/aromatic N) is 2. The Hall–Kier alpha value is -2.87. The second-order valence-corrected chi connectivity index (χ2v) is 8.34. The molecular weight excluding hydrogens is 395 g/mol. The van der Waals surface area contributed by atoms with Crippen LogP contribution in [0.5, 0.6) is 0 Å². The van der Waals surface area contributed by atoms with Gasteiger partial charge in [0.15, 0.2) is 17.5 Å². The van der Waals surface area contributed by atoms with E-state index in [4.69, 9.17) is 0 Å². The molecule has 8 heteroatoms. The van der Waals surface area contributed by atoms with Crippen molar-refractivity contribution in [3.63, 3.8) is 0 Å². The Morgan fingerprint density at radius 2 is 1.90 bits per heavy atom. The van der Waals surface area contributed by atoms with Gasteiger partial charge in [-0.2, -0.15) is 0 Å². The molecule has 4 rings (SSSR count). The molecule has 2 N–H and O–H groups in total. The van der Waals surface area contributed by atoms with Gasteiger partial charge in [-0.3, -0.25) is 10.1 Å². The van der Waals surface area contributed by atoms with Crippen molar-refractivity contribution in [2.45, 2.75) is 50.7 Å². The van der Waals surface area contributed by atoms with Gasteiger partial charge in [0.05, 0.1) is 17.5 Å². The summed E-state index contributed by atoms with van der Waals surface area (Å²) in [6.07, 6.45) is 1.97. The maximum Gasteiger partial charge on any atom is 0.229 e. The fourth-order valence-corrected chi connectivity index (χ4v) is 4.04. The van der Waals surface area contributed by atoms with Crippen LogP contribution >= 0.6 is 0 Å². The lowest BCUT2D eigenvalue weighted by atomic mass is 9.78. The van der Waals surface area contributed by atoms with Gasteiger partial charge in [-0.1, -0.05) is 30.3 Å². The number of hydrogen-bond acceptors (Lipinski definition) is 3. The number of nitrogens with one attached hydrogen (secondary N) is 1. The highest BCUT2D eigenvalue weighted by Gasteiger charge is 2.39. The summed E-state index contributed by atoms with van der Waals surface area (Å²) in [4.78, 5) is 16.9. The van der Waals surface area contributed by atoms with Crippen LogP contribution in [0.25, 0.3) is 11.0 Å². The minimum Gasteiger partial charge on any atom is -0.385 e. The van der Waals surface area contributed by atoms with Crippen LogP contribution in [0.4, 0.5) is 19.1 Å². The average Bonchev–Trinajstić information content (AvgIpc) is 3.02. The molecule has 0 spiro atoms. The lowest BCUT2D eigenvalue weighted by Crippen LogP contribution is -2.39. The van der Waals surface area contributed by atoms with Gasteiger partial charge < -0.3 is 9.67 Å². The Balaban J connectivity index is 1.71. The van der Waals surface area contributed by atoms with Crippen molar-refractivity contribution >= 4 is 22.9 Å². The van der Waals surface area contributed by atoms with Gasteiger partial charge in [0.1, 0.15) is 5.52 Å². The Kier molecular flexibility index (Phi) is 4.85. The molecule has 0 aliphatic heterocycles. The number of aromatic nitrogens is 2. The molecule has 158 valence electrons. The van der Waals surface area contributed by atoms with E-state index in [0.717, 1.165) is 12.5 Å². The fourth-order valence-electron chi connectivity index (χ4n) is 4.04. The molecule has 2 aromatic carbocycles. The standard InChI is InChI=1S/C22H22F3N3O2/c1-21(9-6-10-21)28-19-15(11-14(23)17(24)18(19)25)26-20(28)27-16(29)12-22(2,30)13-7-4-3-5-8-13/h3-5,7-8,11,30H,6,9-10,12H2,1-2H3,(H,26,27,29)/t22-/m0/s1. The Morgan fingerprint density at radius 3 is 2.50 bits per heavy atom. The zero-order valence-electron chi connectivity index (χ0n) is 16.7. The van der Waals surface area contributed by atoms with Gasteiger partial charge in [0.2, 0.25) is 11.9 Å². The van der Waals surface area contributed by atoms with Gasteiger partial charge in [0.25, 0.3) is 0 Å². The van der Waals surface area contributed by atoms with E-state index in [1.54, 1.807) is 30.3 Å². The van der Waals surface area contributed by atoms with Gasteiger partial charge in [-0.25, -0.2) is 18.2 Å². The monoisotopic (exact) mass is 417 g/mol. The van der Waals surface area contributed by atoms with E-state index >= 15 is 0 Å². The molecule has 1 fully saturated rings. The summed E-state index contributed by atoms with van der Waals surface area (Å²) < 4.78 is 43.7. The van der Waals surface area contributed by atoms with Crippen molar-refractivity contribution in [2.24, 2.45) is 0 Å². The third kappa shape index (κ3) is 3.35. The first kappa shape index (κ1) is 20.4. The molecule has 1 atom stereocenters. The zero-order valence-corrected chi connectivity index (χ0v) is 16.7. The van der Waals surface area contributed by atoms with E-state index < -0.39 is 34.5 Å². The van der Waals surface area contributed by atoms with E-state index in [0.29, 0.717) is 18.4 Å². The normalized spacial score (nSPS) is 17.4. The largest absolute Gasteiger partial charge is 0.385 e. The molecule has 1 aliphatic carbocycles. The molecule has 0 saturated heterocycles. The summed E-state index contributed by atoms with van der Waals surface area (Å²) in [5.41, 5.74) is -1.71. The maximum atomic E-state index is 14.6. The van der Waals surface area contributed by atoms with Crippen LogP contribution in [0.3, 0.4) is 0 Å². The quantitative estimate of drug-likeness (QED) is 0.597. The minimum absolute atomic E-state index is 0.00459. The molecule has 5 nitrogen and oxygen atoms in total. The molecular formula is C22H22F3N3O2. The summed E-state index contributed by atoms with van der Waals surface area (Å²) in [6, 6.07) is 9.54. The predicted molar refractivity (Wildman–Crippen MR) is 106 cm³/mol. The maximum absolute atomic E-state index is 14.6. The summed E-state index contributed by atoms with van der Waals surface area (Å²) in [6.45, 7) is 3.37. The van der Waals surface area contributed by atoms with Crippen molar-refractivity contribution in [3.8, 4) is 0 Å². The first-order chi connectivity index (χ1) is 14.1. The molecule has 0 radical (unpaired) electrons. The number of anilines is 1. The highest BCUT2D eigenvalue weighted by Crippen LogP contribution is 2.44. The SMILES string of the molecule is CC1(n2c(NC(=O)C[C@](C)(O)c3ccccc3)nc3cc(F)c(F)c(F)c32)CCC1. The molecule has 1 amide bonds. The summed E-state index contributed by atoms with van der Waals surface area (Å²) in [7, 11) is 0. The molecule has 1 aromatic heterocycles. The van der Waals surface area contributed by atoms with E-state index in [-0.39, 0.29) is 23.4 Å². The Bertz CT molecular complexity index is 1120. The van der Waals surface area contributed by atoms with Crippen molar-refractivity contribution in [3.05, 3.63) is 59.4 Å². The van der Waals surface area contributed by atoms with Crippen LogP contribution in [-0.2, 0) is 15.9 Å². The first-order valence-corrected chi connectivity index (χ1v) is 9.76. The number of imidazole rings is 1. The molecule has 1 heterocycles. The molecule has 0 unspecified atom stereocenters. The molecule has 1 aliphatic rings. The first-order valence-electron chi connectivity index (χ1n) is 9.76. The van der Waals surface area contributed by atoms with Gasteiger partial charge in [-0.15, -0.1) is 0 Å².